The number of anilines is 1. The number of nitrogens with zero attached hydrogens (tertiary/aromatic N) is 1. The van der Waals surface area contributed by atoms with Crippen molar-refractivity contribution in [2.75, 3.05) is 25.5 Å². The Morgan fingerprint density at radius 3 is 2.55 bits per heavy atom. The molecule has 110 valence electrons. The average molecular weight is 280 g/mol. The van der Waals surface area contributed by atoms with E-state index in [9.17, 15) is 9.18 Å². The Hall–Kier alpha value is -2.11. The molecule has 0 atom stereocenters. The van der Waals surface area contributed by atoms with E-state index in [2.05, 4.69) is 27.9 Å². The molecule has 0 aliphatic heterocycles. The molecule has 3 N–H and O–H groups in total. The minimum Gasteiger partial charge on any atom is -0.356 e. The summed E-state index contributed by atoms with van der Waals surface area (Å²) in [5, 5.41) is 8.68. The van der Waals surface area contributed by atoms with Gasteiger partial charge in [-0.15, -0.1) is 0 Å². The highest BCUT2D eigenvalue weighted by atomic mass is 19.1. The lowest BCUT2D eigenvalue weighted by Crippen LogP contribution is -2.41. The van der Waals surface area contributed by atoms with Gasteiger partial charge in [0, 0.05) is 19.3 Å². The Kier molecular flexibility index (Phi) is 7.10. The lowest BCUT2D eigenvalue weighted by atomic mass is 10.3. The van der Waals surface area contributed by atoms with Crippen LogP contribution in [0.5, 0.6) is 0 Å². The van der Waals surface area contributed by atoms with Crippen LogP contribution in [0.3, 0.4) is 0 Å². The summed E-state index contributed by atoms with van der Waals surface area (Å²) >= 11 is 0. The predicted molar refractivity (Wildman–Crippen MR) is 79.3 cm³/mol. The fourth-order valence-corrected chi connectivity index (χ4v) is 1.51. The molecule has 1 rings (SSSR count). The van der Waals surface area contributed by atoms with Crippen LogP contribution in [0.25, 0.3) is 0 Å². The van der Waals surface area contributed by atoms with Gasteiger partial charge < -0.3 is 16.0 Å². The van der Waals surface area contributed by atoms with Crippen molar-refractivity contribution in [3.05, 3.63) is 30.1 Å². The minimum atomic E-state index is -0.332. The number of guanidine groups is 1. The smallest absolute Gasteiger partial charge is 0.243 e. The van der Waals surface area contributed by atoms with Crippen molar-refractivity contribution < 1.29 is 9.18 Å². The van der Waals surface area contributed by atoms with E-state index < -0.39 is 0 Å². The summed E-state index contributed by atoms with van der Waals surface area (Å²) in [5.74, 6) is 0.0457. The quantitative estimate of drug-likeness (QED) is 0.422. The standard InChI is InChI=1S/C14H21FN4O/c1-3-4-9-17-14(16-2)18-10-13(20)19-12-7-5-11(15)6-8-12/h5-8H,3-4,9-10H2,1-2H3,(H,19,20)(H2,16,17,18). The van der Waals surface area contributed by atoms with E-state index in [1.165, 1.54) is 24.3 Å². The maximum atomic E-state index is 12.7. The van der Waals surface area contributed by atoms with Gasteiger partial charge in [0.15, 0.2) is 5.96 Å². The third-order valence-corrected chi connectivity index (χ3v) is 2.59. The van der Waals surface area contributed by atoms with Crippen LogP contribution < -0.4 is 16.0 Å². The second-order valence-electron chi connectivity index (χ2n) is 4.26. The molecular weight excluding hydrogens is 259 g/mol. The molecule has 0 saturated heterocycles. The number of nitrogens with one attached hydrogen (secondary N) is 3. The third kappa shape index (κ3) is 6.17. The Morgan fingerprint density at radius 2 is 1.95 bits per heavy atom. The van der Waals surface area contributed by atoms with Gasteiger partial charge in [0.1, 0.15) is 5.82 Å². The van der Waals surface area contributed by atoms with E-state index in [0.717, 1.165) is 19.4 Å². The van der Waals surface area contributed by atoms with Crippen molar-refractivity contribution in [1.29, 1.82) is 0 Å². The molecule has 0 heterocycles. The molecule has 0 fully saturated rings. The van der Waals surface area contributed by atoms with Crippen LogP contribution in [0.4, 0.5) is 10.1 Å². The first-order valence-electron chi connectivity index (χ1n) is 6.65. The van der Waals surface area contributed by atoms with Gasteiger partial charge >= 0.3 is 0 Å². The second kappa shape index (κ2) is 8.90. The topological polar surface area (TPSA) is 65.5 Å². The maximum Gasteiger partial charge on any atom is 0.243 e. The van der Waals surface area contributed by atoms with Crippen LogP contribution in [0, 0.1) is 5.82 Å². The summed E-state index contributed by atoms with van der Waals surface area (Å²) in [5.41, 5.74) is 0.562. The highest BCUT2D eigenvalue weighted by Gasteiger charge is 2.04. The number of amides is 1. The summed E-state index contributed by atoms with van der Waals surface area (Å²) in [4.78, 5) is 15.7. The van der Waals surface area contributed by atoms with E-state index in [1.807, 2.05) is 0 Å². The van der Waals surface area contributed by atoms with Crippen LogP contribution in [0.15, 0.2) is 29.3 Å². The largest absolute Gasteiger partial charge is 0.356 e. The van der Waals surface area contributed by atoms with Crippen LogP contribution in [0.1, 0.15) is 19.8 Å². The Labute approximate surface area is 118 Å². The summed E-state index contributed by atoms with van der Waals surface area (Å²) in [7, 11) is 1.65. The van der Waals surface area contributed by atoms with Gasteiger partial charge in [-0.1, -0.05) is 13.3 Å². The molecule has 20 heavy (non-hydrogen) atoms. The van der Waals surface area contributed by atoms with Crippen LogP contribution in [0.2, 0.25) is 0 Å². The first kappa shape index (κ1) is 15.9. The molecule has 1 aromatic rings. The highest BCUT2D eigenvalue weighted by molar-refractivity contribution is 5.94. The highest BCUT2D eigenvalue weighted by Crippen LogP contribution is 2.07. The third-order valence-electron chi connectivity index (χ3n) is 2.59. The van der Waals surface area contributed by atoms with E-state index in [1.54, 1.807) is 7.05 Å². The fourth-order valence-electron chi connectivity index (χ4n) is 1.51. The van der Waals surface area contributed by atoms with Crippen LogP contribution >= 0.6 is 0 Å². The number of hydrogen-bond acceptors (Lipinski definition) is 2. The van der Waals surface area contributed by atoms with Crippen molar-refractivity contribution >= 4 is 17.6 Å². The number of benzene rings is 1. The van der Waals surface area contributed by atoms with Crippen molar-refractivity contribution in [3.63, 3.8) is 0 Å². The van der Waals surface area contributed by atoms with Crippen molar-refractivity contribution in [1.82, 2.24) is 10.6 Å². The Balaban J connectivity index is 2.33. The van der Waals surface area contributed by atoms with Gasteiger partial charge in [-0.3, -0.25) is 9.79 Å². The number of unbranched alkanes of at least 4 members (excludes halogenated alkanes) is 1. The lowest BCUT2D eigenvalue weighted by molar-refractivity contribution is -0.115. The molecule has 0 saturated carbocycles. The molecule has 0 aliphatic carbocycles. The van der Waals surface area contributed by atoms with Crippen LogP contribution in [-0.4, -0.2) is 32.0 Å². The monoisotopic (exact) mass is 280 g/mol. The van der Waals surface area contributed by atoms with E-state index in [-0.39, 0.29) is 18.3 Å². The summed E-state index contributed by atoms with van der Waals surface area (Å²) in [6.45, 7) is 3.02. The Morgan fingerprint density at radius 1 is 1.25 bits per heavy atom. The summed E-state index contributed by atoms with van der Waals surface area (Å²) in [6.07, 6.45) is 2.14. The molecule has 1 amide bonds. The van der Waals surface area contributed by atoms with Gasteiger partial charge in [0.25, 0.3) is 0 Å². The van der Waals surface area contributed by atoms with Crippen LogP contribution in [-0.2, 0) is 4.79 Å². The number of aliphatic imine (C=N–C) groups is 1. The van der Waals surface area contributed by atoms with Gasteiger partial charge in [0.05, 0.1) is 6.54 Å². The first-order chi connectivity index (χ1) is 9.65. The second-order valence-corrected chi connectivity index (χ2v) is 4.26. The summed E-state index contributed by atoms with van der Waals surface area (Å²) in [6, 6.07) is 5.63. The van der Waals surface area contributed by atoms with E-state index in [0.29, 0.717) is 11.6 Å². The Bertz CT molecular complexity index is 445. The number of rotatable bonds is 6. The number of carbonyl (C=O) groups is 1. The zero-order valence-corrected chi connectivity index (χ0v) is 11.9. The number of hydrogen-bond donors (Lipinski definition) is 3. The van der Waals surface area contributed by atoms with Gasteiger partial charge in [-0.25, -0.2) is 4.39 Å². The van der Waals surface area contributed by atoms with Crippen molar-refractivity contribution in [3.8, 4) is 0 Å². The molecule has 0 unspecified atom stereocenters. The molecule has 0 bridgehead atoms. The fraction of sp³-hybridized carbons (Fsp3) is 0.429. The first-order valence-corrected chi connectivity index (χ1v) is 6.65. The van der Waals surface area contributed by atoms with Gasteiger partial charge in [0.2, 0.25) is 5.91 Å². The van der Waals surface area contributed by atoms with Crippen molar-refractivity contribution in [2.45, 2.75) is 19.8 Å². The number of carbonyl (C=O) groups excluding carboxylic acids is 1. The van der Waals surface area contributed by atoms with E-state index in [4.69, 9.17) is 0 Å². The lowest BCUT2D eigenvalue weighted by Gasteiger charge is -2.11. The number of halogens is 1. The molecule has 0 aromatic heterocycles. The van der Waals surface area contributed by atoms with Gasteiger partial charge in [-0.2, -0.15) is 0 Å². The summed E-state index contributed by atoms with van der Waals surface area (Å²) < 4.78 is 12.7. The molecule has 5 nitrogen and oxygen atoms in total. The molecule has 1 aromatic carbocycles. The minimum absolute atomic E-state index is 0.100. The molecule has 0 aliphatic rings. The molecule has 0 radical (unpaired) electrons. The zero-order valence-electron chi connectivity index (χ0n) is 11.9. The zero-order chi connectivity index (χ0) is 14.8. The normalized spacial score (nSPS) is 11.1. The van der Waals surface area contributed by atoms with E-state index >= 15 is 0 Å². The van der Waals surface area contributed by atoms with Crippen molar-refractivity contribution in [2.24, 2.45) is 4.99 Å². The molecule has 6 heteroatoms. The maximum absolute atomic E-state index is 12.7. The SMILES string of the molecule is CCCCNC(=NC)NCC(=O)Nc1ccc(F)cc1. The molecular formula is C14H21FN4O. The average Bonchev–Trinajstić information content (AvgIpc) is 2.45. The predicted octanol–water partition coefficient (Wildman–Crippen LogP) is 1.73. The molecule has 0 spiro atoms. The van der Waals surface area contributed by atoms with Gasteiger partial charge in [-0.05, 0) is 30.7 Å².